The molecular weight excluding hydrogens is 376 g/mol. The summed E-state index contributed by atoms with van der Waals surface area (Å²) in [5.41, 5.74) is 1.23. The van der Waals surface area contributed by atoms with Crippen LogP contribution in [0.4, 0.5) is 5.13 Å². The van der Waals surface area contributed by atoms with Crippen LogP contribution in [0.2, 0.25) is 0 Å². The number of ether oxygens (including phenoxy) is 1. The largest absolute Gasteiger partial charge is 0.456 e. The van der Waals surface area contributed by atoms with E-state index in [-0.39, 0.29) is 18.1 Å². The highest BCUT2D eigenvalue weighted by Gasteiger charge is 2.23. The molecule has 7 nitrogen and oxygen atoms in total. The first-order valence-corrected chi connectivity index (χ1v) is 10.2. The highest BCUT2D eigenvalue weighted by Crippen LogP contribution is 2.32. The van der Waals surface area contributed by atoms with Gasteiger partial charge in [-0.3, -0.25) is 4.79 Å². The van der Waals surface area contributed by atoms with Crippen molar-refractivity contribution in [2.75, 3.05) is 12.4 Å². The lowest BCUT2D eigenvalue weighted by Gasteiger charge is -2.27. The summed E-state index contributed by atoms with van der Waals surface area (Å²) in [6.07, 6.45) is 5.23. The number of hydrogen-bond donors (Lipinski definition) is 3. The van der Waals surface area contributed by atoms with Gasteiger partial charge in [-0.15, -0.1) is 0 Å². The van der Waals surface area contributed by atoms with Gasteiger partial charge in [-0.25, -0.2) is 9.97 Å². The minimum atomic E-state index is -0.315. The van der Waals surface area contributed by atoms with E-state index in [9.17, 15) is 9.90 Å². The van der Waals surface area contributed by atoms with Crippen LogP contribution in [0, 0.1) is 0 Å². The van der Waals surface area contributed by atoms with Crippen LogP contribution in [0.1, 0.15) is 36.2 Å². The molecule has 1 aliphatic carbocycles. The molecule has 0 unspecified atom stereocenters. The Morgan fingerprint density at radius 2 is 2.04 bits per heavy atom. The number of carbonyl (C=O) groups is 1. The second kappa shape index (κ2) is 8.12. The molecule has 0 spiro atoms. The van der Waals surface area contributed by atoms with E-state index >= 15 is 0 Å². The van der Waals surface area contributed by atoms with E-state index in [0.717, 1.165) is 41.0 Å². The van der Waals surface area contributed by atoms with E-state index in [1.165, 1.54) is 6.20 Å². The minimum absolute atomic E-state index is 0.0648. The molecule has 28 heavy (non-hydrogen) atoms. The molecule has 1 aromatic carbocycles. The van der Waals surface area contributed by atoms with Crippen molar-refractivity contribution in [2.24, 2.45) is 0 Å². The maximum absolute atomic E-state index is 11.6. The number of nitrogens with zero attached hydrogens (tertiary/aromatic N) is 2. The lowest BCUT2D eigenvalue weighted by molar-refractivity contribution is 0.0958. The Hall–Kier alpha value is -2.71. The third kappa shape index (κ3) is 4.07. The van der Waals surface area contributed by atoms with Crippen LogP contribution in [0.3, 0.4) is 0 Å². The van der Waals surface area contributed by atoms with Crippen molar-refractivity contribution in [3.8, 4) is 11.5 Å². The topological polar surface area (TPSA) is 96.4 Å². The maximum atomic E-state index is 11.6. The quantitative estimate of drug-likeness (QED) is 0.608. The summed E-state index contributed by atoms with van der Waals surface area (Å²) in [6.45, 7) is 0. The summed E-state index contributed by atoms with van der Waals surface area (Å²) in [5.74, 6) is 0.996. The molecule has 3 aromatic rings. The fraction of sp³-hybridized carbons (Fsp3) is 0.350. The number of amides is 1. The SMILES string of the molecule is CNC(=O)c1ccc(Oc2ccc3nc(N[C@@H]4CCCC[C@H]4O)sc3c2)cn1. The number of pyridine rings is 1. The van der Waals surface area contributed by atoms with E-state index < -0.39 is 0 Å². The third-order valence-electron chi connectivity index (χ3n) is 4.83. The molecule has 146 valence electrons. The zero-order valence-electron chi connectivity index (χ0n) is 15.5. The number of thiazole rings is 1. The van der Waals surface area contributed by atoms with Crippen LogP contribution in [-0.2, 0) is 0 Å². The molecule has 8 heteroatoms. The van der Waals surface area contributed by atoms with Gasteiger partial charge in [0.05, 0.1) is 28.6 Å². The van der Waals surface area contributed by atoms with Crippen LogP contribution >= 0.6 is 11.3 Å². The van der Waals surface area contributed by atoms with Gasteiger partial charge >= 0.3 is 0 Å². The molecule has 0 radical (unpaired) electrons. The summed E-state index contributed by atoms with van der Waals surface area (Å²) < 4.78 is 6.86. The molecule has 0 bridgehead atoms. The van der Waals surface area contributed by atoms with Crippen LogP contribution in [0.25, 0.3) is 10.2 Å². The Morgan fingerprint density at radius 3 is 2.79 bits per heavy atom. The number of benzene rings is 1. The summed E-state index contributed by atoms with van der Waals surface area (Å²) in [7, 11) is 1.57. The number of aliphatic hydroxyl groups is 1. The first-order valence-electron chi connectivity index (χ1n) is 9.33. The summed E-state index contributed by atoms with van der Waals surface area (Å²) in [5, 5.41) is 16.9. The molecular formula is C20H22N4O3S. The molecule has 1 amide bonds. The monoisotopic (exact) mass is 398 g/mol. The van der Waals surface area contributed by atoms with Gasteiger partial charge in [-0.2, -0.15) is 0 Å². The number of hydrogen-bond acceptors (Lipinski definition) is 7. The number of carbonyl (C=O) groups excluding carboxylic acids is 1. The van der Waals surface area contributed by atoms with Gasteiger partial charge in [0.25, 0.3) is 5.91 Å². The van der Waals surface area contributed by atoms with E-state index in [0.29, 0.717) is 17.2 Å². The third-order valence-corrected chi connectivity index (χ3v) is 5.78. The summed E-state index contributed by atoms with van der Waals surface area (Å²) in [6, 6.07) is 9.10. The fourth-order valence-corrected chi connectivity index (χ4v) is 4.26. The van der Waals surface area contributed by atoms with Crippen molar-refractivity contribution in [2.45, 2.75) is 37.8 Å². The molecule has 2 heterocycles. The van der Waals surface area contributed by atoms with Gasteiger partial charge in [0, 0.05) is 13.1 Å². The van der Waals surface area contributed by atoms with Gasteiger partial charge in [0.1, 0.15) is 17.2 Å². The van der Waals surface area contributed by atoms with E-state index in [2.05, 4.69) is 20.6 Å². The Kier molecular flexibility index (Phi) is 5.40. The van der Waals surface area contributed by atoms with Crippen molar-refractivity contribution < 1.29 is 14.6 Å². The molecule has 3 N–H and O–H groups in total. The highest BCUT2D eigenvalue weighted by atomic mass is 32.1. The number of aliphatic hydroxyl groups excluding tert-OH is 1. The molecule has 0 aliphatic heterocycles. The maximum Gasteiger partial charge on any atom is 0.269 e. The van der Waals surface area contributed by atoms with Crippen molar-refractivity contribution in [3.05, 3.63) is 42.2 Å². The first kappa shape index (κ1) is 18.6. The van der Waals surface area contributed by atoms with Gasteiger partial charge in [-0.05, 0) is 37.1 Å². The Labute approximate surface area is 166 Å². The van der Waals surface area contributed by atoms with Gasteiger partial charge < -0.3 is 20.5 Å². The second-order valence-electron chi connectivity index (χ2n) is 6.81. The van der Waals surface area contributed by atoms with Crippen molar-refractivity contribution >= 4 is 32.6 Å². The van der Waals surface area contributed by atoms with Gasteiger partial charge in [0.2, 0.25) is 0 Å². The van der Waals surface area contributed by atoms with Crippen LogP contribution in [0.15, 0.2) is 36.5 Å². The van der Waals surface area contributed by atoms with Crippen LogP contribution in [-0.4, -0.2) is 40.2 Å². The highest BCUT2D eigenvalue weighted by molar-refractivity contribution is 7.22. The van der Waals surface area contributed by atoms with Gasteiger partial charge in [-0.1, -0.05) is 24.2 Å². The zero-order chi connectivity index (χ0) is 19.5. The van der Waals surface area contributed by atoms with E-state index in [1.807, 2.05) is 18.2 Å². The Morgan fingerprint density at radius 1 is 1.21 bits per heavy atom. The predicted molar refractivity (Wildman–Crippen MR) is 109 cm³/mol. The number of aromatic nitrogens is 2. The molecule has 1 aliphatic rings. The van der Waals surface area contributed by atoms with E-state index in [1.54, 1.807) is 30.5 Å². The average Bonchev–Trinajstić information content (AvgIpc) is 3.11. The smallest absolute Gasteiger partial charge is 0.269 e. The van der Waals surface area contributed by atoms with Crippen molar-refractivity contribution in [1.29, 1.82) is 0 Å². The molecule has 1 fully saturated rings. The Bertz CT molecular complexity index is 973. The predicted octanol–water partition coefficient (Wildman–Crippen LogP) is 3.56. The molecule has 2 aromatic heterocycles. The Balaban J connectivity index is 1.47. The number of nitrogens with one attached hydrogen (secondary N) is 2. The summed E-state index contributed by atoms with van der Waals surface area (Å²) >= 11 is 1.55. The molecule has 0 saturated heterocycles. The number of fused-ring (bicyclic) bond motifs is 1. The van der Waals surface area contributed by atoms with Crippen molar-refractivity contribution in [1.82, 2.24) is 15.3 Å². The second-order valence-corrected chi connectivity index (χ2v) is 7.84. The van der Waals surface area contributed by atoms with Crippen LogP contribution in [0.5, 0.6) is 11.5 Å². The zero-order valence-corrected chi connectivity index (χ0v) is 16.3. The normalized spacial score (nSPS) is 19.4. The average molecular weight is 398 g/mol. The molecule has 4 rings (SSSR count). The van der Waals surface area contributed by atoms with E-state index in [4.69, 9.17) is 4.74 Å². The number of anilines is 1. The molecule has 2 atom stereocenters. The summed E-state index contributed by atoms with van der Waals surface area (Å²) in [4.78, 5) is 20.3. The van der Waals surface area contributed by atoms with Gasteiger partial charge in [0.15, 0.2) is 5.13 Å². The minimum Gasteiger partial charge on any atom is -0.456 e. The van der Waals surface area contributed by atoms with Crippen LogP contribution < -0.4 is 15.4 Å². The fourth-order valence-electron chi connectivity index (χ4n) is 3.31. The first-order chi connectivity index (χ1) is 13.6. The lowest BCUT2D eigenvalue weighted by Crippen LogP contribution is -2.36. The molecule has 1 saturated carbocycles. The lowest BCUT2D eigenvalue weighted by atomic mass is 9.93. The van der Waals surface area contributed by atoms with Crippen molar-refractivity contribution in [3.63, 3.8) is 0 Å². The standard InChI is InChI=1S/C20H22N4O3S/c1-21-19(26)16-9-7-13(11-22-16)27-12-6-8-15-18(10-12)28-20(24-15)23-14-4-2-3-5-17(14)25/h6-11,14,17,25H,2-5H2,1H3,(H,21,26)(H,23,24)/t14-,17-/m1/s1. The number of rotatable bonds is 5.